The molecule has 106 valence electrons. The third-order valence-corrected chi connectivity index (χ3v) is 3.95. The van der Waals surface area contributed by atoms with Crippen molar-refractivity contribution in [1.82, 2.24) is 4.90 Å². The van der Waals surface area contributed by atoms with E-state index in [4.69, 9.17) is 21.7 Å². The number of nitrogens with zero attached hydrogens (tertiary/aromatic N) is 1. The number of aryl methyl sites for hydroxylation is 1. The van der Waals surface area contributed by atoms with Crippen LogP contribution in [0.1, 0.15) is 11.5 Å². The quantitative estimate of drug-likeness (QED) is 0.613. The Bertz CT molecular complexity index is 607. The second kappa shape index (κ2) is 5.78. The van der Waals surface area contributed by atoms with Gasteiger partial charge < -0.3 is 19.4 Å². The first-order valence-corrected chi connectivity index (χ1v) is 6.81. The van der Waals surface area contributed by atoms with E-state index in [-0.39, 0.29) is 9.23 Å². The molecule has 0 bridgehead atoms. The van der Waals surface area contributed by atoms with Crippen LogP contribution in [0.2, 0.25) is 0 Å². The van der Waals surface area contributed by atoms with Gasteiger partial charge in [-0.3, -0.25) is 9.69 Å². The van der Waals surface area contributed by atoms with Crippen LogP contribution in [0.5, 0.6) is 0 Å². The fourth-order valence-corrected chi connectivity index (χ4v) is 3.01. The summed E-state index contributed by atoms with van der Waals surface area (Å²) in [7, 11) is 0. The first kappa shape index (κ1) is 14.8. The molecule has 0 radical (unpaired) electrons. The van der Waals surface area contributed by atoms with E-state index in [2.05, 4.69) is 0 Å². The molecule has 6 nitrogen and oxygen atoms in total. The SMILES string of the molecule is Cc1ccc(/C=C2/SC(=S)N([C@H](CO)C(=O)[O-])C2=O)o1. The van der Waals surface area contributed by atoms with Crippen molar-refractivity contribution >= 4 is 46.3 Å². The minimum atomic E-state index is -1.56. The highest BCUT2D eigenvalue weighted by atomic mass is 32.2. The Hall–Kier alpha value is -1.64. The molecule has 1 saturated heterocycles. The number of thiocarbonyl (C=S) groups is 1. The number of carboxylic acid groups (broad SMARTS) is 1. The Morgan fingerprint density at radius 1 is 1.65 bits per heavy atom. The van der Waals surface area contributed by atoms with Gasteiger partial charge in [0.2, 0.25) is 0 Å². The van der Waals surface area contributed by atoms with Crippen LogP contribution in [-0.4, -0.2) is 38.9 Å². The third kappa shape index (κ3) is 2.77. The maximum atomic E-state index is 12.1. The number of carbonyl (C=O) groups excluding carboxylic acids is 2. The van der Waals surface area contributed by atoms with Crippen molar-refractivity contribution in [3.63, 3.8) is 0 Å². The van der Waals surface area contributed by atoms with Crippen LogP contribution in [0.25, 0.3) is 6.08 Å². The fourth-order valence-electron chi connectivity index (χ4n) is 1.67. The predicted octanol–water partition coefficient (Wildman–Crippen LogP) is -0.1000. The maximum Gasteiger partial charge on any atom is 0.267 e. The third-order valence-electron chi connectivity index (χ3n) is 2.61. The lowest BCUT2D eigenvalue weighted by Crippen LogP contribution is -2.51. The second-order valence-electron chi connectivity index (χ2n) is 4.02. The number of furan rings is 1. The molecule has 0 aromatic carbocycles. The predicted molar refractivity (Wildman–Crippen MR) is 74.3 cm³/mol. The molecule has 1 aromatic rings. The number of aliphatic carboxylic acids is 1. The fraction of sp³-hybridized carbons (Fsp3) is 0.250. The number of carbonyl (C=O) groups is 2. The molecule has 1 atom stereocenters. The van der Waals surface area contributed by atoms with Gasteiger partial charge in [-0.2, -0.15) is 0 Å². The van der Waals surface area contributed by atoms with E-state index in [0.29, 0.717) is 11.5 Å². The molecule has 2 rings (SSSR count). The van der Waals surface area contributed by atoms with E-state index in [0.717, 1.165) is 16.7 Å². The number of rotatable bonds is 4. The monoisotopic (exact) mass is 312 g/mol. The molecule has 2 heterocycles. The molecule has 1 aromatic heterocycles. The Morgan fingerprint density at radius 2 is 2.35 bits per heavy atom. The standard InChI is InChI=1S/C12H11NO5S2/c1-6-2-3-7(18-6)4-9-10(15)13(12(19)20-9)8(5-14)11(16)17/h2-4,8,14H,5H2,1H3,(H,16,17)/p-1/b9-4+/t8-/m1/s1. The average Bonchev–Trinajstić information content (AvgIpc) is 2.89. The van der Waals surface area contributed by atoms with Crippen molar-refractivity contribution in [1.29, 1.82) is 0 Å². The summed E-state index contributed by atoms with van der Waals surface area (Å²) in [5, 5.41) is 20.0. The maximum absolute atomic E-state index is 12.1. The molecule has 1 fully saturated rings. The smallest absolute Gasteiger partial charge is 0.267 e. The molecule has 1 aliphatic heterocycles. The zero-order valence-electron chi connectivity index (χ0n) is 10.4. The van der Waals surface area contributed by atoms with Crippen LogP contribution in [0.15, 0.2) is 21.5 Å². The molecule has 1 amide bonds. The Balaban J connectivity index is 2.29. The van der Waals surface area contributed by atoms with Gasteiger partial charge in [-0.05, 0) is 19.1 Å². The molecular weight excluding hydrogens is 302 g/mol. The number of amides is 1. The van der Waals surface area contributed by atoms with Gasteiger partial charge in [0.25, 0.3) is 5.91 Å². The van der Waals surface area contributed by atoms with Crippen molar-refractivity contribution in [2.75, 3.05) is 6.61 Å². The van der Waals surface area contributed by atoms with Gasteiger partial charge in [0.15, 0.2) is 0 Å². The number of aliphatic hydroxyl groups excluding tert-OH is 1. The highest BCUT2D eigenvalue weighted by molar-refractivity contribution is 8.26. The molecule has 8 heteroatoms. The van der Waals surface area contributed by atoms with Gasteiger partial charge in [-0.25, -0.2) is 0 Å². The van der Waals surface area contributed by atoms with Gasteiger partial charge in [0, 0.05) is 6.08 Å². The second-order valence-corrected chi connectivity index (χ2v) is 5.69. The summed E-state index contributed by atoms with van der Waals surface area (Å²) in [5.74, 6) is -0.983. The average molecular weight is 312 g/mol. The largest absolute Gasteiger partial charge is 0.548 e. The van der Waals surface area contributed by atoms with E-state index in [1.54, 1.807) is 19.1 Å². The molecule has 0 aliphatic carbocycles. The lowest BCUT2D eigenvalue weighted by Gasteiger charge is -2.25. The van der Waals surface area contributed by atoms with E-state index in [1.165, 1.54) is 6.08 Å². The molecule has 1 N–H and O–H groups in total. The zero-order chi connectivity index (χ0) is 14.9. The topological polar surface area (TPSA) is 93.8 Å². The number of hydrogen-bond donors (Lipinski definition) is 1. The number of hydrogen-bond acceptors (Lipinski definition) is 7. The minimum absolute atomic E-state index is 0.0628. The van der Waals surface area contributed by atoms with Gasteiger partial charge in [0.1, 0.15) is 21.9 Å². The van der Waals surface area contributed by atoms with Crippen molar-refractivity contribution in [2.45, 2.75) is 13.0 Å². The van der Waals surface area contributed by atoms with Crippen molar-refractivity contribution in [2.24, 2.45) is 0 Å². The lowest BCUT2D eigenvalue weighted by atomic mass is 10.2. The number of aliphatic hydroxyl groups is 1. The molecule has 0 unspecified atom stereocenters. The molecule has 1 aliphatic rings. The summed E-state index contributed by atoms with van der Waals surface area (Å²) < 4.78 is 5.38. The van der Waals surface area contributed by atoms with Crippen molar-refractivity contribution < 1.29 is 24.2 Å². The van der Waals surface area contributed by atoms with Crippen LogP contribution in [0.4, 0.5) is 0 Å². The van der Waals surface area contributed by atoms with Gasteiger partial charge in [-0.1, -0.05) is 24.0 Å². The summed E-state index contributed by atoms with van der Waals surface area (Å²) in [6, 6.07) is 1.95. The van der Waals surface area contributed by atoms with Crippen LogP contribution >= 0.6 is 24.0 Å². The number of carboxylic acids is 1. The van der Waals surface area contributed by atoms with Crippen LogP contribution < -0.4 is 5.11 Å². The zero-order valence-corrected chi connectivity index (χ0v) is 12.0. The van der Waals surface area contributed by atoms with E-state index in [9.17, 15) is 14.7 Å². The Kier molecular flexibility index (Phi) is 4.26. The van der Waals surface area contributed by atoms with E-state index in [1.807, 2.05) is 0 Å². The molecule has 0 spiro atoms. The lowest BCUT2D eigenvalue weighted by molar-refractivity contribution is -0.311. The molecule has 20 heavy (non-hydrogen) atoms. The normalized spacial score (nSPS) is 18.9. The summed E-state index contributed by atoms with van der Waals surface area (Å²) in [6.45, 7) is 1.00. The molecular formula is C12H10NO5S2-. The van der Waals surface area contributed by atoms with Crippen molar-refractivity contribution in [3.05, 3.63) is 28.6 Å². The van der Waals surface area contributed by atoms with Crippen LogP contribution in [0.3, 0.4) is 0 Å². The minimum Gasteiger partial charge on any atom is -0.548 e. The van der Waals surface area contributed by atoms with E-state index < -0.39 is 24.5 Å². The first-order valence-electron chi connectivity index (χ1n) is 5.59. The van der Waals surface area contributed by atoms with E-state index >= 15 is 0 Å². The van der Waals surface area contributed by atoms with Gasteiger partial charge >= 0.3 is 0 Å². The highest BCUT2D eigenvalue weighted by Gasteiger charge is 2.37. The Labute approximate surface area is 124 Å². The summed E-state index contributed by atoms with van der Waals surface area (Å²) in [4.78, 5) is 24.1. The van der Waals surface area contributed by atoms with Gasteiger partial charge in [-0.15, -0.1) is 0 Å². The summed E-state index contributed by atoms with van der Waals surface area (Å²) in [6.07, 6.45) is 1.48. The van der Waals surface area contributed by atoms with Crippen LogP contribution in [0, 0.1) is 6.92 Å². The Morgan fingerprint density at radius 3 is 2.85 bits per heavy atom. The van der Waals surface area contributed by atoms with Crippen LogP contribution in [-0.2, 0) is 9.59 Å². The first-order chi connectivity index (χ1) is 9.43. The molecule has 0 saturated carbocycles. The summed E-state index contributed by atoms with van der Waals surface area (Å²) in [5.41, 5.74) is 0. The highest BCUT2D eigenvalue weighted by Crippen LogP contribution is 2.34. The number of thioether (sulfide) groups is 1. The van der Waals surface area contributed by atoms with Gasteiger partial charge in [0.05, 0.1) is 17.5 Å². The summed E-state index contributed by atoms with van der Waals surface area (Å²) >= 11 is 5.93. The van der Waals surface area contributed by atoms with Crippen molar-refractivity contribution in [3.8, 4) is 0 Å².